The van der Waals surface area contributed by atoms with Gasteiger partial charge < -0.3 is 0 Å². The second-order valence-electron chi connectivity index (χ2n) is 4.83. The third-order valence-electron chi connectivity index (χ3n) is 3.79. The molecule has 0 unspecified atom stereocenters. The molecule has 15 heavy (non-hydrogen) atoms. The molecule has 0 N–H and O–H groups in total. The van der Waals surface area contributed by atoms with E-state index in [1.165, 1.54) is 21.0 Å². The van der Waals surface area contributed by atoms with Crippen LogP contribution >= 0.6 is 0 Å². The fourth-order valence-corrected chi connectivity index (χ4v) is 11.4. The molecule has 0 rings (SSSR count). The molecule has 0 heterocycles. The molecule has 88 valence electrons. The van der Waals surface area contributed by atoms with Crippen LogP contribution in [0.1, 0.15) is 41.5 Å². The van der Waals surface area contributed by atoms with Crippen molar-refractivity contribution in [2.45, 2.75) is 62.6 Å². The summed E-state index contributed by atoms with van der Waals surface area (Å²) >= 11 is -1.59. The molecule has 0 amide bonds. The van der Waals surface area contributed by atoms with Crippen LogP contribution in [-0.2, 0) is 0 Å². The Labute approximate surface area is 99.2 Å². The molecular formula is C14H28Ge. The van der Waals surface area contributed by atoms with Crippen LogP contribution in [0.2, 0.25) is 21.0 Å². The van der Waals surface area contributed by atoms with Gasteiger partial charge in [-0.05, 0) is 0 Å². The van der Waals surface area contributed by atoms with Crippen LogP contribution in [0.5, 0.6) is 0 Å². The Kier molecular flexibility index (Phi) is 7.33. The summed E-state index contributed by atoms with van der Waals surface area (Å²) in [5, 5.41) is 5.81. The summed E-state index contributed by atoms with van der Waals surface area (Å²) in [4.78, 5) is 0. The van der Waals surface area contributed by atoms with Gasteiger partial charge in [-0.25, -0.2) is 0 Å². The van der Waals surface area contributed by atoms with Gasteiger partial charge in [0.2, 0.25) is 0 Å². The van der Waals surface area contributed by atoms with E-state index in [0.717, 1.165) is 0 Å². The zero-order chi connectivity index (χ0) is 11.9. The molecule has 0 nitrogen and oxygen atoms in total. The van der Waals surface area contributed by atoms with Crippen LogP contribution in [0.25, 0.3) is 0 Å². The van der Waals surface area contributed by atoms with Crippen LogP contribution in [0.3, 0.4) is 0 Å². The molecule has 0 fully saturated rings. The van der Waals surface area contributed by atoms with Crippen molar-refractivity contribution in [1.29, 1.82) is 0 Å². The van der Waals surface area contributed by atoms with E-state index in [9.17, 15) is 0 Å². The third kappa shape index (κ3) is 5.06. The van der Waals surface area contributed by atoms with Crippen LogP contribution in [0.4, 0.5) is 0 Å². The summed E-state index contributed by atoms with van der Waals surface area (Å²) in [5.74, 6) is 0. The number of hydrogen-bond acceptors (Lipinski definition) is 0. The van der Waals surface area contributed by atoms with Crippen molar-refractivity contribution in [3.05, 3.63) is 23.3 Å². The van der Waals surface area contributed by atoms with Crippen molar-refractivity contribution in [1.82, 2.24) is 0 Å². The van der Waals surface area contributed by atoms with Gasteiger partial charge in [0, 0.05) is 0 Å². The molecule has 0 bridgehead atoms. The molecule has 0 aliphatic heterocycles. The monoisotopic (exact) mass is 270 g/mol. The van der Waals surface area contributed by atoms with Gasteiger partial charge in [0.25, 0.3) is 0 Å². The van der Waals surface area contributed by atoms with Gasteiger partial charge in [-0.3, -0.25) is 0 Å². The number of rotatable bonds is 6. The Morgan fingerprint density at radius 1 is 0.867 bits per heavy atom. The zero-order valence-corrected chi connectivity index (χ0v) is 13.6. The van der Waals surface area contributed by atoms with Gasteiger partial charge >= 0.3 is 99.1 Å². The Morgan fingerprint density at radius 2 is 1.20 bits per heavy atom. The number of allylic oxidation sites excluding steroid dienone is 4. The SMILES string of the molecule is C/C=C(\C)[CH2][Ge]([CH2]C)([CH2]C)[CH2]/C(C)=C/C. The van der Waals surface area contributed by atoms with Gasteiger partial charge in [0.15, 0.2) is 0 Å². The minimum atomic E-state index is -1.59. The Hall–Kier alpha value is 0.0229. The molecule has 0 aromatic heterocycles. The number of hydrogen-bond donors (Lipinski definition) is 0. The van der Waals surface area contributed by atoms with Crippen molar-refractivity contribution in [3.8, 4) is 0 Å². The fourth-order valence-electron chi connectivity index (χ4n) is 2.20. The van der Waals surface area contributed by atoms with E-state index in [-0.39, 0.29) is 0 Å². The van der Waals surface area contributed by atoms with Gasteiger partial charge in [-0.1, -0.05) is 0 Å². The third-order valence-corrected chi connectivity index (χ3v) is 15.6. The molecule has 1 heteroatoms. The molecule has 0 aliphatic carbocycles. The molecule has 0 radical (unpaired) electrons. The first-order valence-electron chi connectivity index (χ1n) is 6.27. The molecule has 0 saturated heterocycles. The topological polar surface area (TPSA) is 0 Å². The first-order chi connectivity index (χ1) is 7.03. The quantitative estimate of drug-likeness (QED) is 0.447. The summed E-state index contributed by atoms with van der Waals surface area (Å²) in [7, 11) is 0. The zero-order valence-electron chi connectivity index (χ0n) is 11.5. The van der Waals surface area contributed by atoms with E-state index < -0.39 is 13.3 Å². The van der Waals surface area contributed by atoms with Gasteiger partial charge in [0.05, 0.1) is 0 Å². The van der Waals surface area contributed by atoms with Crippen LogP contribution in [0.15, 0.2) is 23.3 Å². The van der Waals surface area contributed by atoms with Crippen molar-refractivity contribution in [2.24, 2.45) is 0 Å². The second kappa shape index (κ2) is 7.32. The van der Waals surface area contributed by atoms with Crippen LogP contribution in [-0.4, -0.2) is 13.3 Å². The summed E-state index contributed by atoms with van der Waals surface area (Å²) in [6.07, 6.45) is 4.60. The van der Waals surface area contributed by atoms with E-state index in [1.54, 1.807) is 11.1 Å². The second-order valence-corrected chi connectivity index (χ2v) is 15.6. The molecule has 0 saturated carbocycles. The van der Waals surface area contributed by atoms with Crippen LogP contribution < -0.4 is 0 Å². The maximum absolute atomic E-state index is 2.41. The first kappa shape index (κ1) is 15.0. The molecule has 0 aromatic carbocycles. The van der Waals surface area contributed by atoms with Crippen LogP contribution in [0, 0.1) is 0 Å². The van der Waals surface area contributed by atoms with Crippen molar-refractivity contribution in [3.63, 3.8) is 0 Å². The van der Waals surface area contributed by atoms with Gasteiger partial charge in [-0.2, -0.15) is 0 Å². The summed E-state index contributed by atoms with van der Waals surface area (Å²) in [6.45, 7) is 13.8. The van der Waals surface area contributed by atoms with E-state index in [1.807, 2.05) is 0 Å². The molecule has 0 aromatic rings. The predicted octanol–water partition coefficient (Wildman–Crippen LogP) is 5.41. The van der Waals surface area contributed by atoms with E-state index in [0.29, 0.717) is 0 Å². The van der Waals surface area contributed by atoms with Crippen molar-refractivity contribution in [2.75, 3.05) is 0 Å². The van der Waals surface area contributed by atoms with Gasteiger partial charge in [-0.15, -0.1) is 0 Å². The van der Waals surface area contributed by atoms with E-state index >= 15 is 0 Å². The predicted molar refractivity (Wildman–Crippen MR) is 75.2 cm³/mol. The Morgan fingerprint density at radius 3 is 1.40 bits per heavy atom. The maximum atomic E-state index is 2.41. The normalized spacial score (nSPS) is 14.5. The minimum absolute atomic E-state index is 1.44. The Bertz CT molecular complexity index is 210. The average Bonchev–Trinajstić information content (AvgIpc) is 2.27. The molecule has 0 spiro atoms. The van der Waals surface area contributed by atoms with Crippen molar-refractivity contribution >= 4 is 13.3 Å². The van der Waals surface area contributed by atoms with Gasteiger partial charge in [0.1, 0.15) is 0 Å². The van der Waals surface area contributed by atoms with E-state index in [2.05, 4.69) is 53.7 Å². The summed E-state index contributed by atoms with van der Waals surface area (Å²) in [5.41, 5.74) is 3.23. The molecular weight excluding hydrogens is 241 g/mol. The molecule has 0 atom stereocenters. The summed E-state index contributed by atoms with van der Waals surface area (Å²) in [6, 6.07) is 0. The van der Waals surface area contributed by atoms with E-state index in [4.69, 9.17) is 0 Å². The average molecular weight is 269 g/mol. The first-order valence-corrected chi connectivity index (χ1v) is 12.2. The Balaban J connectivity index is 4.72. The van der Waals surface area contributed by atoms with Crippen molar-refractivity contribution < 1.29 is 0 Å². The summed E-state index contributed by atoms with van der Waals surface area (Å²) < 4.78 is 0. The standard InChI is InChI=1S/C14H28Ge/c1-7-13(5)11-15(9-3,10-4)12-14(6)8-2/h7-8H,9-12H2,1-6H3/b13-7+,14-8+. The fraction of sp³-hybridized carbons (Fsp3) is 0.714. The molecule has 0 aliphatic rings.